The van der Waals surface area contributed by atoms with Crippen LogP contribution in [0.5, 0.6) is 0 Å². The van der Waals surface area contributed by atoms with Gasteiger partial charge in [-0.05, 0) is 12.2 Å². The predicted molar refractivity (Wildman–Crippen MR) is 50.1 cm³/mol. The summed E-state index contributed by atoms with van der Waals surface area (Å²) in [7, 11) is 0. The van der Waals surface area contributed by atoms with Gasteiger partial charge in [0.15, 0.2) is 5.71 Å². The fourth-order valence-corrected chi connectivity index (χ4v) is 1.71. The van der Waals surface area contributed by atoms with Crippen molar-refractivity contribution < 1.29 is 18.0 Å². The van der Waals surface area contributed by atoms with E-state index in [1.807, 2.05) is 0 Å². The first-order valence-corrected chi connectivity index (χ1v) is 4.54. The number of rotatable bonds is 2. The van der Waals surface area contributed by atoms with Crippen LogP contribution in [0.3, 0.4) is 0 Å². The molecule has 2 aliphatic rings. The lowest BCUT2D eigenvalue weighted by atomic mass is 9.91. The zero-order valence-corrected chi connectivity index (χ0v) is 8.01. The quantitative estimate of drug-likeness (QED) is 0.698. The Bertz CT molecular complexity index is 409. The molecule has 7 heteroatoms. The molecule has 16 heavy (non-hydrogen) atoms. The normalized spacial score (nSPS) is 23.7. The van der Waals surface area contributed by atoms with Crippen LogP contribution in [0.2, 0.25) is 0 Å². The van der Waals surface area contributed by atoms with E-state index in [4.69, 9.17) is 0 Å². The van der Waals surface area contributed by atoms with Gasteiger partial charge in [0.25, 0.3) is 0 Å². The number of nitrogens with one attached hydrogen (secondary N) is 2. The van der Waals surface area contributed by atoms with Crippen molar-refractivity contribution in [3.63, 3.8) is 0 Å². The summed E-state index contributed by atoms with van der Waals surface area (Å²) >= 11 is 0. The number of hydrogen-bond acceptors (Lipinski definition) is 3. The zero-order valence-electron chi connectivity index (χ0n) is 8.01. The number of carbonyl (C=O) groups excluding carboxylic acids is 1. The Morgan fingerprint density at radius 1 is 1.50 bits per heavy atom. The standard InChI is InChI=1S/C9H8F3N3O/c10-9(11,12)8-6-3-5(13-4-16)1-2-7(6)14-15-8/h1-2,4,6,14H,3H2,(H,13,16). The molecule has 1 amide bonds. The van der Waals surface area contributed by atoms with E-state index in [1.165, 1.54) is 6.08 Å². The zero-order chi connectivity index (χ0) is 11.8. The summed E-state index contributed by atoms with van der Waals surface area (Å²) in [4.78, 5) is 10.2. The number of carbonyl (C=O) groups is 1. The summed E-state index contributed by atoms with van der Waals surface area (Å²) in [6, 6.07) is 0. The largest absolute Gasteiger partial charge is 0.431 e. The van der Waals surface area contributed by atoms with Crippen LogP contribution in [0.15, 0.2) is 28.6 Å². The average Bonchev–Trinajstić information content (AvgIpc) is 2.60. The van der Waals surface area contributed by atoms with Gasteiger partial charge in [-0.2, -0.15) is 18.3 Å². The van der Waals surface area contributed by atoms with Crippen molar-refractivity contribution in [2.45, 2.75) is 12.6 Å². The van der Waals surface area contributed by atoms with E-state index in [2.05, 4.69) is 15.8 Å². The molecule has 0 bridgehead atoms. The Kier molecular flexibility index (Phi) is 2.45. The second-order valence-electron chi connectivity index (χ2n) is 3.44. The summed E-state index contributed by atoms with van der Waals surface area (Å²) in [5.41, 5.74) is 2.35. The third-order valence-electron chi connectivity index (χ3n) is 2.43. The van der Waals surface area contributed by atoms with Crippen molar-refractivity contribution in [2.24, 2.45) is 11.0 Å². The maximum absolute atomic E-state index is 12.5. The Hall–Kier alpha value is -1.79. The van der Waals surface area contributed by atoms with Crippen molar-refractivity contribution in [1.29, 1.82) is 0 Å². The smallest absolute Gasteiger partial charge is 0.332 e. The molecule has 1 atom stereocenters. The number of halogens is 3. The summed E-state index contributed by atoms with van der Waals surface area (Å²) < 4.78 is 37.6. The second-order valence-corrected chi connectivity index (χ2v) is 3.44. The molecule has 0 fully saturated rings. The third kappa shape index (κ3) is 1.80. The Morgan fingerprint density at radius 2 is 2.25 bits per heavy atom. The Labute approximate surface area is 88.9 Å². The van der Waals surface area contributed by atoms with Crippen molar-refractivity contribution in [3.05, 3.63) is 23.5 Å². The van der Waals surface area contributed by atoms with E-state index in [0.717, 1.165) is 0 Å². The van der Waals surface area contributed by atoms with Crippen LogP contribution in [0.4, 0.5) is 13.2 Å². The van der Waals surface area contributed by atoms with Gasteiger partial charge in [0.05, 0.1) is 5.92 Å². The number of amides is 1. The van der Waals surface area contributed by atoms with Crippen molar-refractivity contribution >= 4 is 12.1 Å². The third-order valence-corrected chi connectivity index (χ3v) is 2.43. The Balaban J connectivity index is 2.20. The summed E-state index contributed by atoms with van der Waals surface area (Å²) in [5, 5.41) is 5.62. The molecule has 2 N–H and O–H groups in total. The first-order chi connectivity index (χ1) is 7.52. The molecule has 2 rings (SSSR count). The van der Waals surface area contributed by atoms with E-state index in [0.29, 0.717) is 17.8 Å². The van der Waals surface area contributed by atoms with Crippen LogP contribution < -0.4 is 10.7 Å². The highest BCUT2D eigenvalue weighted by Gasteiger charge is 2.45. The lowest BCUT2D eigenvalue weighted by Crippen LogP contribution is -2.31. The van der Waals surface area contributed by atoms with Crippen LogP contribution in [0, 0.1) is 5.92 Å². The van der Waals surface area contributed by atoms with Crippen LogP contribution in [-0.4, -0.2) is 18.3 Å². The lowest BCUT2D eigenvalue weighted by molar-refractivity contribution is -0.109. The van der Waals surface area contributed by atoms with Crippen LogP contribution in [0.1, 0.15) is 6.42 Å². The fraction of sp³-hybridized carbons (Fsp3) is 0.333. The van der Waals surface area contributed by atoms with Crippen molar-refractivity contribution in [3.8, 4) is 0 Å². The minimum atomic E-state index is -4.45. The first kappa shape index (κ1) is 10.7. The number of hydrogen-bond donors (Lipinski definition) is 2. The maximum atomic E-state index is 12.5. The predicted octanol–water partition coefficient (Wildman–Crippen LogP) is 1.04. The van der Waals surface area contributed by atoms with Crippen LogP contribution >= 0.6 is 0 Å². The molecule has 0 spiro atoms. The molecular formula is C9H8F3N3O. The second kappa shape index (κ2) is 3.66. The highest BCUT2D eigenvalue weighted by molar-refractivity contribution is 5.95. The topological polar surface area (TPSA) is 53.5 Å². The number of hydrazone groups is 1. The van der Waals surface area contributed by atoms with E-state index in [-0.39, 0.29) is 6.42 Å². The summed E-state index contributed by atoms with van der Waals surface area (Å²) in [5.74, 6) is -0.840. The number of nitrogens with zero attached hydrogens (tertiary/aromatic N) is 1. The summed E-state index contributed by atoms with van der Waals surface area (Å²) in [6.07, 6.45) is -0.867. The van der Waals surface area contributed by atoms with E-state index < -0.39 is 17.8 Å². The molecule has 1 aliphatic heterocycles. The molecule has 0 aromatic heterocycles. The van der Waals surface area contributed by atoms with Gasteiger partial charge in [-0.1, -0.05) is 0 Å². The molecule has 0 saturated carbocycles. The van der Waals surface area contributed by atoms with Gasteiger partial charge in [-0.15, -0.1) is 0 Å². The van der Waals surface area contributed by atoms with Gasteiger partial charge in [-0.25, -0.2) is 0 Å². The monoisotopic (exact) mass is 231 g/mol. The number of allylic oxidation sites excluding steroid dienone is 4. The van der Waals surface area contributed by atoms with E-state index in [9.17, 15) is 18.0 Å². The van der Waals surface area contributed by atoms with Crippen molar-refractivity contribution in [1.82, 2.24) is 10.7 Å². The molecule has 4 nitrogen and oxygen atoms in total. The lowest BCUT2D eigenvalue weighted by Gasteiger charge is -2.20. The molecule has 0 aromatic rings. The Morgan fingerprint density at radius 3 is 2.88 bits per heavy atom. The minimum absolute atomic E-state index is 0.0932. The van der Waals surface area contributed by atoms with Gasteiger partial charge in [-0.3, -0.25) is 10.2 Å². The van der Waals surface area contributed by atoms with E-state index >= 15 is 0 Å². The highest BCUT2D eigenvalue weighted by Crippen LogP contribution is 2.34. The van der Waals surface area contributed by atoms with Crippen molar-refractivity contribution in [2.75, 3.05) is 0 Å². The molecule has 0 aromatic carbocycles. The minimum Gasteiger partial charge on any atom is -0.332 e. The van der Waals surface area contributed by atoms with Crippen LogP contribution in [0.25, 0.3) is 0 Å². The van der Waals surface area contributed by atoms with Gasteiger partial charge in [0, 0.05) is 17.8 Å². The summed E-state index contributed by atoms with van der Waals surface area (Å²) in [6.45, 7) is 0. The van der Waals surface area contributed by atoms with Crippen LogP contribution in [-0.2, 0) is 4.79 Å². The molecule has 0 radical (unpaired) electrons. The number of alkyl halides is 3. The molecule has 1 aliphatic carbocycles. The molecule has 1 heterocycles. The van der Waals surface area contributed by atoms with Gasteiger partial charge in [0.1, 0.15) is 0 Å². The molecule has 0 saturated heterocycles. The van der Waals surface area contributed by atoms with Gasteiger partial charge < -0.3 is 5.32 Å². The fourth-order valence-electron chi connectivity index (χ4n) is 1.71. The SMILES string of the molecule is O=CNC1=CC=C2NN=C(C(F)(F)F)C2C1. The maximum Gasteiger partial charge on any atom is 0.431 e. The molecular weight excluding hydrogens is 223 g/mol. The van der Waals surface area contributed by atoms with E-state index in [1.54, 1.807) is 6.08 Å². The van der Waals surface area contributed by atoms with Gasteiger partial charge >= 0.3 is 6.18 Å². The van der Waals surface area contributed by atoms with Gasteiger partial charge in [0.2, 0.25) is 6.41 Å². The average molecular weight is 231 g/mol. The number of fused-ring (bicyclic) bond motifs is 1. The molecule has 1 unspecified atom stereocenters. The molecule has 86 valence electrons. The highest BCUT2D eigenvalue weighted by atomic mass is 19.4. The first-order valence-electron chi connectivity index (χ1n) is 4.54.